The van der Waals surface area contributed by atoms with Crippen LogP contribution in [0.2, 0.25) is 10.0 Å². The molecule has 1 heterocycles. The number of hydrogen-bond acceptors (Lipinski definition) is 7. The Bertz CT molecular complexity index is 1680. The topological polar surface area (TPSA) is 109 Å². The molecule has 1 aromatic heterocycles. The number of aromatic nitrogens is 2. The van der Waals surface area contributed by atoms with Crippen molar-refractivity contribution in [2.75, 3.05) is 6.61 Å². The number of nitro benzene ring substituents is 1. The van der Waals surface area contributed by atoms with Gasteiger partial charge in [-0.1, -0.05) is 60.7 Å². The summed E-state index contributed by atoms with van der Waals surface area (Å²) in [6, 6.07) is 15.0. The van der Waals surface area contributed by atoms with Crippen molar-refractivity contribution in [2.24, 2.45) is 5.10 Å². The molecule has 0 amide bonds. The van der Waals surface area contributed by atoms with E-state index < -0.39 is 4.92 Å². The molecule has 0 bridgehead atoms. The second-order valence-electron chi connectivity index (χ2n) is 9.77. The third-order valence-electron chi connectivity index (χ3n) is 7.01. The molecule has 0 aliphatic heterocycles. The van der Waals surface area contributed by atoms with Gasteiger partial charge >= 0.3 is 5.69 Å². The summed E-state index contributed by atoms with van der Waals surface area (Å²) < 4.78 is 12.9. The molecule has 0 atom stereocenters. The van der Waals surface area contributed by atoms with E-state index in [1.807, 2.05) is 12.1 Å². The second-order valence-corrected chi connectivity index (χ2v) is 10.6. The fraction of sp³-hybridized carbons (Fsp3) is 0.300. The summed E-state index contributed by atoms with van der Waals surface area (Å²) in [5.74, 6) is 0.836. The highest BCUT2D eigenvalue weighted by molar-refractivity contribution is 6.35. The average Bonchev–Trinajstić information content (AvgIpc) is 2.97. The Morgan fingerprint density at radius 2 is 1.88 bits per heavy atom. The molecule has 11 heteroatoms. The maximum atomic E-state index is 13.5. The van der Waals surface area contributed by atoms with Crippen LogP contribution in [0.4, 0.5) is 5.69 Å². The smallest absolute Gasteiger partial charge is 0.315 e. The Balaban J connectivity index is 1.55. The van der Waals surface area contributed by atoms with Crippen LogP contribution >= 0.6 is 23.2 Å². The zero-order valence-electron chi connectivity index (χ0n) is 22.4. The summed E-state index contributed by atoms with van der Waals surface area (Å²) >= 11 is 12.2. The molecule has 0 saturated heterocycles. The van der Waals surface area contributed by atoms with Gasteiger partial charge in [0.2, 0.25) is 5.75 Å². The molecule has 41 heavy (non-hydrogen) atoms. The molecular weight excluding hydrogens is 567 g/mol. The van der Waals surface area contributed by atoms with E-state index in [4.69, 9.17) is 37.7 Å². The summed E-state index contributed by atoms with van der Waals surface area (Å²) in [7, 11) is 0. The van der Waals surface area contributed by atoms with Crippen molar-refractivity contribution < 1.29 is 14.4 Å². The number of halogens is 2. The molecule has 0 N–H and O–H groups in total. The van der Waals surface area contributed by atoms with Crippen molar-refractivity contribution >= 4 is 46.0 Å². The maximum Gasteiger partial charge on any atom is 0.315 e. The van der Waals surface area contributed by atoms with Crippen LogP contribution in [0.1, 0.15) is 61.9 Å². The summed E-state index contributed by atoms with van der Waals surface area (Å²) in [6.45, 7) is 1.98. The van der Waals surface area contributed by atoms with Gasteiger partial charge in [-0.25, -0.2) is 4.98 Å². The molecule has 9 nitrogen and oxygen atoms in total. The van der Waals surface area contributed by atoms with Crippen LogP contribution in [0, 0.1) is 10.1 Å². The van der Waals surface area contributed by atoms with Gasteiger partial charge < -0.3 is 9.47 Å². The number of nitro groups is 1. The third kappa shape index (κ3) is 6.36. The molecule has 0 unspecified atom stereocenters. The molecule has 1 aliphatic rings. The minimum absolute atomic E-state index is 0.0345. The minimum Gasteiger partial charge on any atom is -0.490 e. The number of fused-ring (bicyclic) bond motifs is 1. The van der Waals surface area contributed by atoms with Crippen molar-refractivity contribution in [2.45, 2.75) is 51.6 Å². The number of benzene rings is 3. The highest BCUT2D eigenvalue weighted by Crippen LogP contribution is 2.39. The maximum absolute atomic E-state index is 13.5. The highest BCUT2D eigenvalue weighted by Gasteiger charge is 2.24. The Kier molecular flexibility index (Phi) is 8.85. The quantitative estimate of drug-likeness (QED) is 0.113. The zero-order chi connectivity index (χ0) is 28.9. The average molecular weight is 595 g/mol. The van der Waals surface area contributed by atoms with E-state index in [1.54, 1.807) is 43.3 Å². The van der Waals surface area contributed by atoms with Crippen molar-refractivity contribution in [3.8, 4) is 11.5 Å². The van der Waals surface area contributed by atoms with Gasteiger partial charge in [0.15, 0.2) is 5.75 Å². The van der Waals surface area contributed by atoms with E-state index in [2.05, 4.69) is 5.10 Å². The van der Waals surface area contributed by atoms with Crippen molar-refractivity contribution in [3.05, 3.63) is 102 Å². The third-order valence-corrected chi connectivity index (χ3v) is 7.60. The number of para-hydroxylation sites is 1. The summed E-state index contributed by atoms with van der Waals surface area (Å²) in [6.07, 6.45) is 6.53. The van der Waals surface area contributed by atoms with Gasteiger partial charge in [0.25, 0.3) is 5.56 Å². The summed E-state index contributed by atoms with van der Waals surface area (Å²) in [4.78, 5) is 29.9. The first-order valence-electron chi connectivity index (χ1n) is 13.4. The van der Waals surface area contributed by atoms with Gasteiger partial charge in [-0.05, 0) is 50.1 Å². The van der Waals surface area contributed by atoms with Crippen LogP contribution in [-0.4, -0.2) is 27.4 Å². The fourth-order valence-electron chi connectivity index (χ4n) is 5.02. The molecule has 0 spiro atoms. The van der Waals surface area contributed by atoms with Crippen LogP contribution in [0.25, 0.3) is 10.9 Å². The molecule has 1 saturated carbocycles. The molecule has 212 valence electrons. The van der Waals surface area contributed by atoms with Crippen molar-refractivity contribution in [3.63, 3.8) is 0 Å². The largest absolute Gasteiger partial charge is 0.490 e. The first-order chi connectivity index (χ1) is 19.9. The van der Waals surface area contributed by atoms with Crippen LogP contribution in [0.3, 0.4) is 0 Å². The molecule has 5 rings (SSSR count). The van der Waals surface area contributed by atoms with E-state index in [1.165, 1.54) is 17.0 Å². The second kappa shape index (κ2) is 12.7. The lowest BCUT2D eigenvalue weighted by Crippen LogP contribution is -2.25. The van der Waals surface area contributed by atoms with Crippen LogP contribution in [0.5, 0.6) is 11.5 Å². The molecule has 3 aromatic carbocycles. The standard InChI is InChI=1S/C30H28Cl2N4O5/c1-2-40-27-15-19(14-26(36(38)39)28(27)41-18-21-12-13-22(31)16-24(21)32)17-33-35-29(20-8-4-3-5-9-20)34-25-11-7-6-10-23(25)30(35)37/h6-7,10-17,20H,2-5,8-9,18H2,1H3. The summed E-state index contributed by atoms with van der Waals surface area (Å²) in [5, 5.41) is 17.9. The highest BCUT2D eigenvalue weighted by atomic mass is 35.5. The normalized spacial score (nSPS) is 14.0. The lowest BCUT2D eigenvalue weighted by molar-refractivity contribution is -0.386. The Morgan fingerprint density at radius 3 is 2.61 bits per heavy atom. The van der Waals surface area contributed by atoms with Crippen molar-refractivity contribution in [1.29, 1.82) is 0 Å². The lowest BCUT2D eigenvalue weighted by atomic mass is 9.88. The molecule has 1 fully saturated rings. The van der Waals surface area contributed by atoms with E-state index >= 15 is 0 Å². The van der Waals surface area contributed by atoms with Crippen molar-refractivity contribution in [1.82, 2.24) is 9.66 Å². The molecule has 4 aromatic rings. The number of hydrogen-bond donors (Lipinski definition) is 0. The van der Waals surface area contributed by atoms with Gasteiger partial charge in [0, 0.05) is 33.2 Å². The minimum atomic E-state index is -0.546. The lowest BCUT2D eigenvalue weighted by Gasteiger charge is -2.22. The van der Waals surface area contributed by atoms with Gasteiger partial charge in [-0.3, -0.25) is 14.9 Å². The number of ether oxygens (including phenoxy) is 2. The van der Waals surface area contributed by atoms with Crippen LogP contribution in [0.15, 0.2) is 64.5 Å². The van der Waals surface area contributed by atoms with Gasteiger partial charge in [0.1, 0.15) is 12.4 Å². The molecular formula is C30H28Cl2N4O5. The molecule has 0 radical (unpaired) electrons. The van der Waals surface area contributed by atoms with Gasteiger partial charge in [-0.2, -0.15) is 9.78 Å². The summed E-state index contributed by atoms with van der Waals surface area (Å²) in [5.41, 5.74) is 1.01. The van der Waals surface area contributed by atoms with E-state index in [-0.39, 0.29) is 41.9 Å². The zero-order valence-corrected chi connectivity index (χ0v) is 23.9. The fourth-order valence-corrected chi connectivity index (χ4v) is 5.48. The predicted octanol–water partition coefficient (Wildman–Crippen LogP) is 7.52. The Labute approximate surface area is 246 Å². The monoisotopic (exact) mass is 594 g/mol. The van der Waals surface area contributed by atoms with Gasteiger partial charge in [0.05, 0.1) is 28.6 Å². The van der Waals surface area contributed by atoms with E-state index in [9.17, 15) is 14.9 Å². The first kappa shape index (κ1) is 28.6. The van der Waals surface area contributed by atoms with Gasteiger partial charge in [-0.15, -0.1) is 0 Å². The SMILES string of the molecule is CCOc1cc(C=Nn2c(C3CCCCC3)nc3ccccc3c2=O)cc([N+](=O)[O-])c1OCc1ccc(Cl)cc1Cl. The number of nitrogens with zero attached hydrogens (tertiary/aromatic N) is 4. The number of rotatable bonds is 9. The predicted molar refractivity (Wildman–Crippen MR) is 160 cm³/mol. The van der Waals surface area contributed by atoms with E-state index in [0.717, 1.165) is 32.1 Å². The Morgan fingerprint density at radius 1 is 1.10 bits per heavy atom. The first-order valence-corrected chi connectivity index (χ1v) is 14.2. The van der Waals surface area contributed by atoms with Crippen LogP contribution < -0.4 is 15.0 Å². The van der Waals surface area contributed by atoms with Crippen LogP contribution in [-0.2, 0) is 6.61 Å². The van der Waals surface area contributed by atoms with E-state index in [0.29, 0.717) is 37.9 Å². The molecule has 1 aliphatic carbocycles. The Hall–Kier alpha value is -3.95.